The van der Waals surface area contributed by atoms with Gasteiger partial charge >= 0.3 is 0 Å². The molecule has 0 bridgehead atoms. The van der Waals surface area contributed by atoms with Gasteiger partial charge in [0.15, 0.2) is 0 Å². The summed E-state index contributed by atoms with van der Waals surface area (Å²) in [5.74, 6) is -1.04. The summed E-state index contributed by atoms with van der Waals surface area (Å²) in [6, 6.07) is 4.50. The van der Waals surface area contributed by atoms with Crippen LogP contribution in [0.2, 0.25) is 0 Å². The van der Waals surface area contributed by atoms with Gasteiger partial charge < -0.3 is 5.32 Å². The second kappa shape index (κ2) is 7.11. The largest absolute Gasteiger partial charge is 0.309 e. The summed E-state index contributed by atoms with van der Waals surface area (Å²) in [6.45, 7) is 2.70. The highest BCUT2D eigenvalue weighted by Gasteiger charge is 2.21. The maximum atomic E-state index is 14.1. The van der Waals surface area contributed by atoms with E-state index in [1.54, 1.807) is 11.3 Å². The Hall–Kier alpha value is -0.300. The summed E-state index contributed by atoms with van der Waals surface area (Å²) in [7, 11) is 0. The third kappa shape index (κ3) is 3.47. The summed E-state index contributed by atoms with van der Waals surface area (Å²) in [5.41, 5.74) is 0.102. The molecular formula is C14H13Br2F2NS. The van der Waals surface area contributed by atoms with Crippen molar-refractivity contribution in [2.24, 2.45) is 0 Å². The number of rotatable bonds is 5. The lowest BCUT2D eigenvalue weighted by atomic mass is 10.0. The Morgan fingerprint density at radius 2 is 1.95 bits per heavy atom. The van der Waals surface area contributed by atoms with E-state index in [1.165, 1.54) is 12.1 Å². The van der Waals surface area contributed by atoms with Gasteiger partial charge in [-0.05, 0) is 68.4 Å². The first kappa shape index (κ1) is 16.1. The van der Waals surface area contributed by atoms with Crippen LogP contribution in [0.25, 0.3) is 0 Å². The summed E-state index contributed by atoms with van der Waals surface area (Å²) < 4.78 is 29.2. The predicted molar refractivity (Wildman–Crippen MR) is 86.2 cm³/mol. The van der Waals surface area contributed by atoms with Crippen LogP contribution in [0.1, 0.15) is 23.4 Å². The molecule has 1 aromatic carbocycles. The van der Waals surface area contributed by atoms with Crippen LogP contribution in [0, 0.1) is 11.6 Å². The fraction of sp³-hybridized carbons (Fsp3) is 0.286. The van der Waals surface area contributed by atoms with Crippen molar-refractivity contribution in [2.45, 2.75) is 19.4 Å². The minimum absolute atomic E-state index is 0.102. The highest BCUT2D eigenvalue weighted by atomic mass is 79.9. The van der Waals surface area contributed by atoms with E-state index in [-0.39, 0.29) is 22.5 Å². The number of halogens is 4. The van der Waals surface area contributed by atoms with Crippen LogP contribution < -0.4 is 5.32 Å². The Kier molecular flexibility index (Phi) is 5.72. The molecule has 0 aliphatic rings. The zero-order chi connectivity index (χ0) is 14.7. The van der Waals surface area contributed by atoms with E-state index < -0.39 is 11.6 Å². The van der Waals surface area contributed by atoms with Crippen molar-refractivity contribution in [1.29, 1.82) is 0 Å². The number of nitrogens with one attached hydrogen (secondary N) is 1. The first-order valence-electron chi connectivity index (χ1n) is 6.13. The fourth-order valence-corrected chi connectivity index (χ4v) is 4.12. The van der Waals surface area contributed by atoms with Gasteiger partial charge in [0.1, 0.15) is 11.6 Å². The molecular weight excluding hydrogens is 412 g/mol. The van der Waals surface area contributed by atoms with Crippen LogP contribution in [0.3, 0.4) is 0 Å². The molecule has 1 atom stereocenters. The lowest BCUT2D eigenvalue weighted by molar-refractivity contribution is 0.501. The summed E-state index contributed by atoms with van der Waals surface area (Å²) >= 11 is 8.15. The summed E-state index contributed by atoms with van der Waals surface area (Å²) in [5, 5.41) is 5.24. The quantitative estimate of drug-likeness (QED) is 0.629. The highest BCUT2D eigenvalue weighted by Crippen LogP contribution is 2.33. The zero-order valence-corrected chi connectivity index (χ0v) is 14.7. The molecule has 2 rings (SSSR count). The normalized spacial score (nSPS) is 12.7. The van der Waals surface area contributed by atoms with Gasteiger partial charge in [0.2, 0.25) is 0 Å². The molecule has 108 valence electrons. The molecule has 0 saturated heterocycles. The Morgan fingerprint density at radius 1 is 1.20 bits per heavy atom. The van der Waals surface area contributed by atoms with E-state index in [4.69, 9.17) is 0 Å². The molecule has 1 nitrogen and oxygen atoms in total. The Bertz CT molecular complexity index is 601. The van der Waals surface area contributed by atoms with E-state index in [0.29, 0.717) is 0 Å². The molecule has 0 aliphatic heterocycles. The molecule has 0 fully saturated rings. The Labute approximate surface area is 137 Å². The molecule has 1 aromatic heterocycles. The van der Waals surface area contributed by atoms with Crippen molar-refractivity contribution in [3.63, 3.8) is 0 Å². The lowest BCUT2D eigenvalue weighted by Gasteiger charge is -2.18. The first-order chi connectivity index (χ1) is 9.54. The van der Waals surface area contributed by atoms with Crippen LogP contribution >= 0.6 is 43.2 Å². The number of likely N-dealkylation sites (N-methyl/N-ethyl adjacent to an activating group) is 1. The molecule has 2 aromatic rings. The van der Waals surface area contributed by atoms with Gasteiger partial charge in [0.05, 0.1) is 4.47 Å². The van der Waals surface area contributed by atoms with Crippen molar-refractivity contribution in [3.8, 4) is 0 Å². The van der Waals surface area contributed by atoms with Crippen molar-refractivity contribution in [1.82, 2.24) is 5.32 Å². The van der Waals surface area contributed by atoms with Crippen LogP contribution in [-0.2, 0) is 6.42 Å². The van der Waals surface area contributed by atoms with E-state index >= 15 is 0 Å². The molecule has 0 spiro atoms. The standard InChI is InChI=1S/C14H13Br2F2NS/c1-2-19-12(14-10(16)5-6-20-14)7-8-11(17)4-3-9(15)13(8)18/h3-6,12,19H,2,7H2,1H3. The minimum Gasteiger partial charge on any atom is -0.309 e. The van der Waals surface area contributed by atoms with Crippen LogP contribution in [0.4, 0.5) is 8.78 Å². The Balaban J connectivity index is 2.34. The summed E-state index contributed by atoms with van der Waals surface area (Å²) in [6.07, 6.45) is 0.268. The SMILES string of the molecule is CCNC(Cc1c(F)ccc(Br)c1F)c1sccc1Br. The number of hydrogen-bond donors (Lipinski definition) is 1. The first-order valence-corrected chi connectivity index (χ1v) is 8.59. The molecule has 1 heterocycles. The van der Waals surface area contributed by atoms with Crippen molar-refractivity contribution < 1.29 is 8.78 Å². The van der Waals surface area contributed by atoms with E-state index in [1.807, 2.05) is 18.4 Å². The van der Waals surface area contributed by atoms with Gasteiger partial charge in [-0.25, -0.2) is 8.78 Å². The van der Waals surface area contributed by atoms with Gasteiger partial charge in [0.25, 0.3) is 0 Å². The zero-order valence-electron chi connectivity index (χ0n) is 10.7. The lowest BCUT2D eigenvalue weighted by Crippen LogP contribution is -2.23. The smallest absolute Gasteiger partial charge is 0.143 e. The molecule has 0 radical (unpaired) electrons. The maximum absolute atomic E-state index is 14.1. The van der Waals surface area contributed by atoms with E-state index in [0.717, 1.165) is 15.9 Å². The fourth-order valence-electron chi connectivity index (χ4n) is 2.02. The molecule has 20 heavy (non-hydrogen) atoms. The van der Waals surface area contributed by atoms with Crippen molar-refractivity contribution >= 4 is 43.2 Å². The molecule has 0 saturated carbocycles. The molecule has 0 amide bonds. The third-order valence-electron chi connectivity index (χ3n) is 2.96. The van der Waals surface area contributed by atoms with Gasteiger partial charge in [-0.3, -0.25) is 0 Å². The van der Waals surface area contributed by atoms with Crippen molar-refractivity contribution in [2.75, 3.05) is 6.54 Å². The average Bonchev–Trinajstić information content (AvgIpc) is 2.84. The number of hydrogen-bond acceptors (Lipinski definition) is 2. The van der Waals surface area contributed by atoms with Gasteiger partial charge in [0, 0.05) is 21.0 Å². The number of thiophene rings is 1. The van der Waals surface area contributed by atoms with E-state index in [2.05, 4.69) is 37.2 Å². The average molecular weight is 425 g/mol. The monoisotopic (exact) mass is 423 g/mol. The van der Waals surface area contributed by atoms with Crippen molar-refractivity contribution in [3.05, 3.63) is 54.6 Å². The maximum Gasteiger partial charge on any atom is 0.143 e. The molecule has 1 N–H and O–H groups in total. The van der Waals surface area contributed by atoms with Crippen LogP contribution in [0.15, 0.2) is 32.5 Å². The highest BCUT2D eigenvalue weighted by molar-refractivity contribution is 9.10. The number of benzene rings is 1. The topological polar surface area (TPSA) is 12.0 Å². The Morgan fingerprint density at radius 3 is 2.55 bits per heavy atom. The van der Waals surface area contributed by atoms with Gasteiger partial charge in [-0.15, -0.1) is 11.3 Å². The third-order valence-corrected chi connectivity index (χ3v) is 5.56. The van der Waals surface area contributed by atoms with Crippen LogP contribution in [0.5, 0.6) is 0 Å². The van der Waals surface area contributed by atoms with Crippen LogP contribution in [-0.4, -0.2) is 6.54 Å². The van der Waals surface area contributed by atoms with E-state index in [9.17, 15) is 8.78 Å². The predicted octanol–water partition coefficient (Wildman–Crippen LogP) is 5.44. The van der Waals surface area contributed by atoms with Gasteiger partial charge in [-0.2, -0.15) is 0 Å². The summed E-state index contributed by atoms with van der Waals surface area (Å²) in [4.78, 5) is 1.05. The second-order valence-corrected chi connectivity index (χ2v) is 6.93. The second-order valence-electron chi connectivity index (χ2n) is 4.27. The minimum atomic E-state index is -0.527. The molecule has 0 aliphatic carbocycles. The molecule has 6 heteroatoms. The van der Waals surface area contributed by atoms with Gasteiger partial charge in [-0.1, -0.05) is 6.92 Å². The molecule has 1 unspecified atom stereocenters.